The molecule has 0 amide bonds. The quantitative estimate of drug-likeness (QED) is 0.753. The highest BCUT2D eigenvalue weighted by atomic mass is 32.2. The minimum atomic E-state index is -3.71. The van der Waals surface area contributed by atoms with Crippen molar-refractivity contribution >= 4 is 10.1 Å². The Morgan fingerprint density at radius 3 is 2.17 bits per heavy atom. The van der Waals surface area contributed by atoms with Crippen molar-refractivity contribution in [1.29, 1.82) is 0 Å². The van der Waals surface area contributed by atoms with Crippen LogP contribution in [0.25, 0.3) is 0 Å². The molecular weight excluding hydrogens is 320 g/mol. The number of hydrogen-bond acceptors (Lipinski definition) is 3. The highest BCUT2D eigenvalue weighted by Gasteiger charge is 2.40. The first-order chi connectivity index (χ1) is 11.3. The normalized spacial score (nSPS) is 16.6. The summed E-state index contributed by atoms with van der Waals surface area (Å²) in [5.74, 6) is 0. The first-order valence-corrected chi connectivity index (χ1v) is 9.77. The molecule has 2 aromatic carbocycles. The maximum Gasteiger partial charge on any atom is 0.297 e. The number of benzene rings is 2. The third-order valence-corrected chi connectivity index (χ3v) is 6.51. The fourth-order valence-electron chi connectivity index (χ4n) is 3.15. The van der Waals surface area contributed by atoms with Crippen molar-refractivity contribution in [3.05, 3.63) is 64.7 Å². The molecule has 0 aromatic heterocycles. The predicted molar refractivity (Wildman–Crippen MR) is 95.8 cm³/mol. The van der Waals surface area contributed by atoms with Crippen molar-refractivity contribution in [2.24, 2.45) is 0 Å². The Bertz CT molecular complexity index is 832. The SMILES string of the molecule is Cc1ccc(S(=O)(=O)OCC2(c3ccc(C)c(C)c3)CCC2)cc1. The molecule has 3 rings (SSSR count). The van der Waals surface area contributed by atoms with E-state index in [1.54, 1.807) is 24.3 Å². The van der Waals surface area contributed by atoms with Gasteiger partial charge in [0.1, 0.15) is 0 Å². The van der Waals surface area contributed by atoms with Crippen molar-refractivity contribution in [2.45, 2.75) is 50.3 Å². The molecular formula is C20H24O3S. The fourth-order valence-corrected chi connectivity index (χ4v) is 4.14. The Kier molecular flexibility index (Phi) is 4.54. The topological polar surface area (TPSA) is 43.4 Å². The van der Waals surface area contributed by atoms with Crippen LogP contribution in [0.5, 0.6) is 0 Å². The summed E-state index contributed by atoms with van der Waals surface area (Å²) in [5.41, 5.74) is 4.54. The molecule has 0 saturated heterocycles. The van der Waals surface area contributed by atoms with Crippen LogP contribution in [0.2, 0.25) is 0 Å². The van der Waals surface area contributed by atoms with Gasteiger partial charge in [-0.05, 0) is 62.4 Å². The maximum absolute atomic E-state index is 12.5. The summed E-state index contributed by atoms with van der Waals surface area (Å²) in [6.45, 7) is 6.33. The second kappa shape index (κ2) is 6.34. The van der Waals surface area contributed by atoms with E-state index in [4.69, 9.17) is 4.18 Å². The van der Waals surface area contributed by atoms with Crippen LogP contribution in [-0.4, -0.2) is 15.0 Å². The van der Waals surface area contributed by atoms with Crippen molar-refractivity contribution < 1.29 is 12.6 Å². The zero-order valence-corrected chi connectivity index (χ0v) is 15.3. The van der Waals surface area contributed by atoms with Crippen LogP contribution in [0.4, 0.5) is 0 Å². The molecule has 24 heavy (non-hydrogen) atoms. The van der Waals surface area contributed by atoms with Crippen LogP contribution in [-0.2, 0) is 19.7 Å². The average Bonchev–Trinajstić information content (AvgIpc) is 2.50. The van der Waals surface area contributed by atoms with E-state index in [0.29, 0.717) is 0 Å². The van der Waals surface area contributed by atoms with Gasteiger partial charge in [0.15, 0.2) is 0 Å². The summed E-state index contributed by atoms with van der Waals surface area (Å²) in [5, 5.41) is 0. The first kappa shape index (κ1) is 17.2. The molecule has 0 atom stereocenters. The molecule has 1 aliphatic rings. The summed E-state index contributed by atoms with van der Waals surface area (Å²) >= 11 is 0. The van der Waals surface area contributed by atoms with E-state index >= 15 is 0 Å². The molecule has 0 aliphatic heterocycles. The minimum Gasteiger partial charge on any atom is -0.265 e. The van der Waals surface area contributed by atoms with E-state index in [1.165, 1.54) is 16.7 Å². The molecule has 0 bridgehead atoms. The van der Waals surface area contributed by atoms with E-state index in [9.17, 15) is 8.42 Å². The molecule has 3 nitrogen and oxygen atoms in total. The highest BCUT2D eigenvalue weighted by Crippen LogP contribution is 2.44. The summed E-state index contributed by atoms with van der Waals surface area (Å²) in [6, 6.07) is 13.2. The molecule has 1 fully saturated rings. The fraction of sp³-hybridized carbons (Fsp3) is 0.400. The maximum atomic E-state index is 12.5. The van der Waals surface area contributed by atoms with E-state index in [2.05, 4.69) is 32.0 Å². The van der Waals surface area contributed by atoms with Crippen LogP contribution in [0.3, 0.4) is 0 Å². The van der Waals surface area contributed by atoms with Gasteiger partial charge in [-0.25, -0.2) is 0 Å². The molecule has 1 aliphatic carbocycles. The predicted octanol–water partition coefficient (Wildman–Crippen LogP) is 4.44. The van der Waals surface area contributed by atoms with Gasteiger partial charge in [0, 0.05) is 5.41 Å². The monoisotopic (exact) mass is 344 g/mol. The molecule has 2 aromatic rings. The third-order valence-electron chi connectivity index (χ3n) is 5.23. The molecule has 4 heteroatoms. The smallest absolute Gasteiger partial charge is 0.265 e. The van der Waals surface area contributed by atoms with E-state index in [1.807, 2.05) is 6.92 Å². The zero-order valence-electron chi connectivity index (χ0n) is 14.5. The second-order valence-electron chi connectivity index (χ2n) is 6.96. The van der Waals surface area contributed by atoms with Crippen molar-refractivity contribution in [2.75, 3.05) is 6.61 Å². The Morgan fingerprint density at radius 2 is 1.62 bits per heavy atom. The Morgan fingerprint density at radius 1 is 0.958 bits per heavy atom. The van der Waals surface area contributed by atoms with Gasteiger partial charge in [-0.15, -0.1) is 0 Å². The lowest BCUT2D eigenvalue weighted by Gasteiger charge is -2.42. The Hall–Kier alpha value is -1.65. The molecule has 0 N–H and O–H groups in total. The Labute approximate surface area is 144 Å². The van der Waals surface area contributed by atoms with E-state index in [-0.39, 0.29) is 16.9 Å². The van der Waals surface area contributed by atoms with Crippen molar-refractivity contribution in [3.8, 4) is 0 Å². The van der Waals surface area contributed by atoms with Gasteiger partial charge >= 0.3 is 0 Å². The standard InChI is InChI=1S/C20H24O3S/c1-15-5-9-19(10-6-15)24(21,22)23-14-20(11-4-12-20)18-8-7-16(2)17(3)13-18/h5-10,13H,4,11-12,14H2,1-3H3. The second-order valence-corrected chi connectivity index (χ2v) is 8.58. The molecule has 0 spiro atoms. The number of hydrogen-bond donors (Lipinski definition) is 0. The molecule has 1 saturated carbocycles. The molecule has 0 radical (unpaired) electrons. The van der Waals surface area contributed by atoms with Crippen LogP contribution in [0.15, 0.2) is 47.4 Å². The van der Waals surface area contributed by atoms with Crippen molar-refractivity contribution in [1.82, 2.24) is 0 Å². The molecule has 128 valence electrons. The van der Waals surface area contributed by atoms with Crippen LogP contribution in [0, 0.1) is 20.8 Å². The summed E-state index contributed by atoms with van der Waals surface area (Å²) < 4.78 is 30.4. The van der Waals surface area contributed by atoms with Gasteiger partial charge in [0.25, 0.3) is 10.1 Å². The minimum absolute atomic E-state index is 0.170. The van der Waals surface area contributed by atoms with Gasteiger partial charge in [0.2, 0.25) is 0 Å². The lowest BCUT2D eigenvalue weighted by atomic mass is 9.65. The van der Waals surface area contributed by atoms with Crippen LogP contribution >= 0.6 is 0 Å². The van der Waals surface area contributed by atoms with Gasteiger partial charge in [0.05, 0.1) is 11.5 Å². The summed E-state index contributed by atoms with van der Waals surface area (Å²) in [4.78, 5) is 0.225. The molecule has 0 heterocycles. The van der Waals surface area contributed by atoms with Gasteiger partial charge in [-0.3, -0.25) is 4.18 Å². The Balaban J connectivity index is 1.80. The van der Waals surface area contributed by atoms with Gasteiger partial charge in [-0.2, -0.15) is 8.42 Å². The van der Waals surface area contributed by atoms with Crippen LogP contribution < -0.4 is 0 Å². The van der Waals surface area contributed by atoms with Crippen molar-refractivity contribution in [3.63, 3.8) is 0 Å². The van der Waals surface area contributed by atoms with Crippen LogP contribution in [0.1, 0.15) is 41.5 Å². The highest BCUT2D eigenvalue weighted by molar-refractivity contribution is 7.86. The lowest BCUT2D eigenvalue weighted by molar-refractivity contribution is 0.140. The first-order valence-electron chi connectivity index (χ1n) is 8.36. The summed E-state index contributed by atoms with van der Waals surface area (Å²) in [6.07, 6.45) is 3.05. The van der Waals surface area contributed by atoms with Gasteiger partial charge in [-0.1, -0.05) is 42.3 Å². The number of rotatable bonds is 5. The number of aryl methyl sites for hydroxylation is 3. The third kappa shape index (κ3) is 3.26. The summed E-state index contributed by atoms with van der Waals surface area (Å²) in [7, 11) is -3.71. The lowest BCUT2D eigenvalue weighted by Crippen LogP contribution is -2.39. The van der Waals surface area contributed by atoms with Gasteiger partial charge < -0.3 is 0 Å². The zero-order chi connectivity index (χ0) is 17.4. The van der Waals surface area contributed by atoms with E-state index < -0.39 is 10.1 Å². The molecule has 0 unspecified atom stereocenters. The van der Waals surface area contributed by atoms with E-state index in [0.717, 1.165) is 24.8 Å². The average molecular weight is 344 g/mol. The largest absolute Gasteiger partial charge is 0.297 e.